The highest BCUT2D eigenvalue weighted by Gasteiger charge is 2.34. The Kier molecular flexibility index (Phi) is 7.35. The van der Waals surface area contributed by atoms with Gasteiger partial charge in [-0.1, -0.05) is 42.1 Å². The Bertz CT molecular complexity index is 739. The molecule has 9 nitrogen and oxygen atoms in total. The summed E-state index contributed by atoms with van der Waals surface area (Å²) in [4.78, 5) is 58.6. The second-order valence-corrected chi connectivity index (χ2v) is 6.87. The molecular formula is C17H19N3O6S. The number of methoxy groups -OCH3 is 1. The number of nitrogens with one attached hydrogen (secondary N) is 3. The highest BCUT2D eigenvalue weighted by molar-refractivity contribution is 8.15. The van der Waals surface area contributed by atoms with Gasteiger partial charge in [0.15, 0.2) is 0 Å². The van der Waals surface area contributed by atoms with Crippen molar-refractivity contribution in [1.82, 2.24) is 16.0 Å². The molecule has 4 amide bonds. The maximum atomic E-state index is 12.4. The fourth-order valence-electron chi connectivity index (χ4n) is 2.36. The van der Waals surface area contributed by atoms with E-state index in [0.29, 0.717) is 0 Å². The third-order valence-corrected chi connectivity index (χ3v) is 4.69. The average Bonchev–Trinajstić information content (AvgIpc) is 2.96. The molecule has 1 aliphatic rings. The molecule has 1 fully saturated rings. The van der Waals surface area contributed by atoms with Crippen LogP contribution in [0, 0.1) is 0 Å². The van der Waals surface area contributed by atoms with Gasteiger partial charge in [0.05, 0.1) is 7.11 Å². The largest absolute Gasteiger partial charge is 0.468 e. The van der Waals surface area contributed by atoms with Gasteiger partial charge in [0.2, 0.25) is 17.7 Å². The fourth-order valence-corrected chi connectivity index (χ4v) is 3.18. The number of benzene rings is 1. The third-order valence-electron chi connectivity index (χ3n) is 3.71. The molecular weight excluding hydrogens is 374 g/mol. The normalized spacial score (nSPS) is 17.0. The number of rotatable bonds is 8. The molecule has 0 saturated carbocycles. The van der Waals surface area contributed by atoms with Crippen LogP contribution in [0.3, 0.4) is 0 Å². The summed E-state index contributed by atoms with van der Waals surface area (Å²) in [6.07, 6.45) is -0.0413. The van der Waals surface area contributed by atoms with Gasteiger partial charge in [-0.3, -0.25) is 29.3 Å². The summed E-state index contributed by atoms with van der Waals surface area (Å²) >= 11 is 0.736. The minimum Gasteiger partial charge on any atom is -0.468 e. The van der Waals surface area contributed by atoms with Gasteiger partial charge >= 0.3 is 5.97 Å². The SMILES string of the molecule is COC(=O)CNC(=O)[C@H](Cc1ccccc1)NC(=O)CC1SC(=O)NC1=O. The van der Waals surface area contributed by atoms with Crippen molar-refractivity contribution in [3.8, 4) is 0 Å². The van der Waals surface area contributed by atoms with E-state index >= 15 is 0 Å². The van der Waals surface area contributed by atoms with E-state index in [1.165, 1.54) is 7.11 Å². The van der Waals surface area contributed by atoms with Crippen molar-refractivity contribution >= 4 is 40.7 Å². The Labute approximate surface area is 159 Å². The number of thioether (sulfide) groups is 1. The van der Waals surface area contributed by atoms with Crippen molar-refractivity contribution in [1.29, 1.82) is 0 Å². The highest BCUT2D eigenvalue weighted by atomic mass is 32.2. The Morgan fingerprint density at radius 3 is 2.52 bits per heavy atom. The molecule has 10 heteroatoms. The summed E-state index contributed by atoms with van der Waals surface area (Å²) < 4.78 is 4.47. The first kappa shape index (κ1) is 20.4. The molecule has 1 heterocycles. The number of esters is 1. The van der Waals surface area contributed by atoms with Crippen LogP contribution in [-0.4, -0.2) is 53.9 Å². The zero-order chi connectivity index (χ0) is 19.8. The number of carbonyl (C=O) groups excluding carboxylic acids is 5. The average molecular weight is 393 g/mol. The van der Waals surface area contributed by atoms with E-state index in [1.807, 2.05) is 6.07 Å². The predicted octanol–water partition coefficient (Wildman–Crippen LogP) is -0.255. The first-order chi connectivity index (χ1) is 12.9. The van der Waals surface area contributed by atoms with Gasteiger partial charge < -0.3 is 15.4 Å². The van der Waals surface area contributed by atoms with E-state index in [0.717, 1.165) is 17.3 Å². The first-order valence-corrected chi connectivity index (χ1v) is 8.96. The summed E-state index contributed by atoms with van der Waals surface area (Å²) in [7, 11) is 1.20. The topological polar surface area (TPSA) is 131 Å². The van der Waals surface area contributed by atoms with E-state index in [4.69, 9.17) is 0 Å². The molecule has 3 N–H and O–H groups in total. The molecule has 1 saturated heterocycles. The summed E-state index contributed by atoms with van der Waals surface area (Å²) in [6, 6.07) is 8.06. The van der Waals surface area contributed by atoms with E-state index < -0.39 is 40.2 Å². The molecule has 0 bridgehead atoms. The lowest BCUT2D eigenvalue weighted by molar-refractivity contribution is -0.141. The van der Waals surface area contributed by atoms with E-state index in [1.54, 1.807) is 24.3 Å². The molecule has 0 radical (unpaired) electrons. The second-order valence-electron chi connectivity index (χ2n) is 5.69. The van der Waals surface area contributed by atoms with Crippen molar-refractivity contribution in [2.45, 2.75) is 24.1 Å². The number of carbonyl (C=O) groups is 5. The number of imide groups is 1. The second kappa shape index (κ2) is 9.72. The van der Waals surface area contributed by atoms with E-state index in [9.17, 15) is 24.0 Å². The lowest BCUT2D eigenvalue weighted by atomic mass is 10.0. The molecule has 1 unspecified atom stereocenters. The molecule has 0 aliphatic carbocycles. The van der Waals surface area contributed by atoms with Crippen LogP contribution < -0.4 is 16.0 Å². The van der Waals surface area contributed by atoms with E-state index in [2.05, 4.69) is 20.7 Å². The highest BCUT2D eigenvalue weighted by Crippen LogP contribution is 2.21. The van der Waals surface area contributed by atoms with Gasteiger partial charge in [0.25, 0.3) is 5.24 Å². The molecule has 1 aromatic rings. The first-order valence-electron chi connectivity index (χ1n) is 8.08. The fraction of sp³-hybridized carbons (Fsp3) is 0.353. The van der Waals surface area contributed by atoms with Crippen molar-refractivity contribution in [2.24, 2.45) is 0 Å². The molecule has 1 aromatic carbocycles. The lowest BCUT2D eigenvalue weighted by Crippen LogP contribution is -2.49. The van der Waals surface area contributed by atoms with Crippen LogP contribution in [0.25, 0.3) is 0 Å². The molecule has 144 valence electrons. The zero-order valence-corrected chi connectivity index (χ0v) is 15.3. The number of amides is 4. The maximum absolute atomic E-state index is 12.4. The quantitative estimate of drug-likeness (QED) is 0.519. The van der Waals surface area contributed by atoms with Gasteiger partial charge in [-0.15, -0.1) is 0 Å². The summed E-state index contributed by atoms with van der Waals surface area (Å²) in [5, 5.41) is 5.73. The van der Waals surface area contributed by atoms with Crippen LogP contribution in [0.2, 0.25) is 0 Å². The number of hydrogen-bond donors (Lipinski definition) is 3. The van der Waals surface area contributed by atoms with Crippen molar-refractivity contribution < 1.29 is 28.7 Å². The Morgan fingerprint density at radius 2 is 1.93 bits per heavy atom. The molecule has 2 atom stereocenters. The number of hydrogen-bond acceptors (Lipinski definition) is 7. The lowest BCUT2D eigenvalue weighted by Gasteiger charge is -2.19. The Hall–Kier alpha value is -2.88. The summed E-state index contributed by atoms with van der Waals surface area (Å²) in [6.45, 7) is -0.328. The minimum atomic E-state index is -0.949. The van der Waals surface area contributed by atoms with Gasteiger partial charge in [-0.2, -0.15) is 0 Å². The van der Waals surface area contributed by atoms with Crippen LogP contribution in [0.1, 0.15) is 12.0 Å². The monoisotopic (exact) mass is 393 g/mol. The molecule has 27 heavy (non-hydrogen) atoms. The van der Waals surface area contributed by atoms with Gasteiger partial charge in [0, 0.05) is 12.8 Å². The molecule has 1 aliphatic heterocycles. The van der Waals surface area contributed by atoms with Crippen LogP contribution in [0.4, 0.5) is 4.79 Å². The van der Waals surface area contributed by atoms with Crippen molar-refractivity contribution in [2.75, 3.05) is 13.7 Å². The van der Waals surface area contributed by atoms with Crippen LogP contribution in [0.15, 0.2) is 30.3 Å². The van der Waals surface area contributed by atoms with Crippen molar-refractivity contribution in [3.63, 3.8) is 0 Å². The van der Waals surface area contributed by atoms with E-state index in [-0.39, 0.29) is 19.4 Å². The predicted molar refractivity (Wildman–Crippen MR) is 96.6 cm³/mol. The molecule has 0 spiro atoms. The van der Waals surface area contributed by atoms with Gasteiger partial charge in [0.1, 0.15) is 17.8 Å². The smallest absolute Gasteiger partial charge is 0.325 e. The Morgan fingerprint density at radius 1 is 1.22 bits per heavy atom. The number of ether oxygens (including phenoxy) is 1. The third kappa shape index (κ3) is 6.41. The van der Waals surface area contributed by atoms with Crippen LogP contribution >= 0.6 is 11.8 Å². The summed E-state index contributed by atoms with van der Waals surface area (Å²) in [5.41, 5.74) is 0.805. The van der Waals surface area contributed by atoms with Crippen molar-refractivity contribution in [3.05, 3.63) is 35.9 Å². The Balaban J connectivity index is 2.00. The molecule has 2 rings (SSSR count). The maximum Gasteiger partial charge on any atom is 0.325 e. The van der Waals surface area contributed by atoms with Gasteiger partial charge in [-0.05, 0) is 5.56 Å². The summed E-state index contributed by atoms with van der Waals surface area (Å²) in [5.74, 6) is -2.26. The standard InChI is InChI=1S/C17H19N3O6S/c1-26-14(22)9-18-15(23)11(7-10-5-3-2-4-6-10)19-13(21)8-12-16(24)20-17(25)27-12/h2-6,11-12H,7-9H2,1H3,(H,18,23)(H,19,21)(H,20,24,25)/t11-,12?/m0/s1. The zero-order valence-electron chi connectivity index (χ0n) is 14.5. The van der Waals surface area contributed by atoms with Crippen LogP contribution in [0.5, 0.6) is 0 Å². The molecule has 0 aromatic heterocycles. The van der Waals surface area contributed by atoms with Gasteiger partial charge in [-0.25, -0.2) is 0 Å². The van der Waals surface area contributed by atoms with Crippen LogP contribution in [-0.2, 0) is 30.3 Å². The minimum absolute atomic E-state index is 0.197.